The van der Waals surface area contributed by atoms with Crippen LogP contribution in [0.5, 0.6) is 5.75 Å². The van der Waals surface area contributed by atoms with Gasteiger partial charge in [0, 0.05) is 37.4 Å². The molecular formula is C27H29N3O. The molecule has 0 saturated carbocycles. The van der Waals surface area contributed by atoms with Crippen LogP contribution in [0.15, 0.2) is 90.7 Å². The number of benzene rings is 2. The predicted octanol–water partition coefficient (Wildman–Crippen LogP) is 5.63. The molecule has 31 heavy (non-hydrogen) atoms. The van der Waals surface area contributed by atoms with Crippen molar-refractivity contribution in [3.63, 3.8) is 0 Å². The van der Waals surface area contributed by atoms with Crippen LogP contribution in [-0.4, -0.2) is 36.3 Å². The largest absolute Gasteiger partial charge is 0.497 e. The SMILES string of the molecule is C=C(c1ccc(OC)cc1)N1CCC(C(N=Cc2ccncc2)c2ccccc2)CC1. The zero-order valence-electron chi connectivity index (χ0n) is 18.0. The maximum atomic E-state index is 5.27. The van der Waals surface area contributed by atoms with Gasteiger partial charge >= 0.3 is 0 Å². The Morgan fingerprint density at radius 3 is 2.35 bits per heavy atom. The van der Waals surface area contributed by atoms with Crippen LogP contribution in [-0.2, 0) is 0 Å². The van der Waals surface area contributed by atoms with Crippen LogP contribution in [0, 0.1) is 5.92 Å². The molecule has 2 heterocycles. The zero-order chi connectivity index (χ0) is 21.5. The summed E-state index contributed by atoms with van der Waals surface area (Å²) in [5.74, 6) is 1.37. The van der Waals surface area contributed by atoms with Crippen molar-refractivity contribution < 1.29 is 4.74 Å². The molecule has 0 spiro atoms. The van der Waals surface area contributed by atoms with Crippen LogP contribution in [0.1, 0.15) is 35.6 Å². The minimum absolute atomic E-state index is 0.158. The highest BCUT2D eigenvalue weighted by atomic mass is 16.5. The smallest absolute Gasteiger partial charge is 0.118 e. The highest BCUT2D eigenvalue weighted by Gasteiger charge is 2.28. The van der Waals surface area contributed by atoms with Gasteiger partial charge in [-0.3, -0.25) is 9.98 Å². The first-order chi connectivity index (χ1) is 15.2. The normalized spacial score (nSPS) is 15.7. The molecule has 4 heteroatoms. The molecule has 1 unspecified atom stereocenters. The van der Waals surface area contributed by atoms with Crippen molar-refractivity contribution in [1.82, 2.24) is 9.88 Å². The minimum Gasteiger partial charge on any atom is -0.497 e. The summed E-state index contributed by atoms with van der Waals surface area (Å²) in [6.45, 7) is 6.34. The van der Waals surface area contributed by atoms with Gasteiger partial charge in [0.05, 0.1) is 13.2 Å². The van der Waals surface area contributed by atoms with Gasteiger partial charge in [-0.1, -0.05) is 36.9 Å². The molecule has 1 aliphatic rings. The number of pyridine rings is 1. The van der Waals surface area contributed by atoms with E-state index < -0.39 is 0 Å². The predicted molar refractivity (Wildman–Crippen MR) is 127 cm³/mol. The molecule has 0 bridgehead atoms. The summed E-state index contributed by atoms with van der Waals surface area (Å²) in [4.78, 5) is 11.5. The third kappa shape index (κ3) is 5.21. The summed E-state index contributed by atoms with van der Waals surface area (Å²) < 4.78 is 5.27. The fraction of sp³-hybridized carbons (Fsp3) is 0.259. The molecule has 0 amide bonds. The van der Waals surface area contributed by atoms with Gasteiger partial charge in [-0.15, -0.1) is 0 Å². The van der Waals surface area contributed by atoms with Crippen LogP contribution in [0.2, 0.25) is 0 Å². The van der Waals surface area contributed by atoms with Crippen molar-refractivity contribution in [2.45, 2.75) is 18.9 Å². The van der Waals surface area contributed by atoms with E-state index in [1.807, 2.05) is 42.9 Å². The highest BCUT2D eigenvalue weighted by Crippen LogP contribution is 2.35. The molecule has 4 rings (SSSR count). The number of piperidine rings is 1. The Hall–Kier alpha value is -3.40. The van der Waals surface area contributed by atoms with Crippen molar-refractivity contribution in [2.24, 2.45) is 10.9 Å². The van der Waals surface area contributed by atoms with Crippen molar-refractivity contribution in [3.8, 4) is 5.75 Å². The summed E-state index contributed by atoms with van der Waals surface area (Å²) >= 11 is 0. The molecule has 0 radical (unpaired) electrons. The number of hydrogen-bond donors (Lipinski definition) is 0. The Morgan fingerprint density at radius 2 is 1.71 bits per heavy atom. The van der Waals surface area contributed by atoms with Crippen molar-refractivity contribution in [2.75, 3.05) is 20.2 Å². The van der Waals surface area contributed by atoms with E-state index in [1.54, 1.807) is 7.11 Å². The number of likely N-dealkylation sites (tertiary alicyclic amines) is 1. The van der Waals surface area contributed by atoms with E-state index in [4.69, 9.17) is 9.73 Å². The first kappa shape index (κ1) is 20.9. The zero-order valence-corrected chi connectivity index (χ0v) is 18.0. The lowest BCUT2D eigenvalue weighted by molar-refractivity contribution is 0.230. The van der Waals surface area contributed by atoms with Gasteiger partial charge in [-0.2, -0.15) is 0 Å². The lowest BCUT2D eigenvalue weighted by Crippen LogP contribution is -2.34. The van der Waals surface area contributed by atoms with Gasteiger partial charge in [0.2, 0.25) is 0 Å². The number of methoxy groups -OCH3 is 1. The summed E-state index contributed by atoms with van der Waals surface area (Å²) in [6, 6.07) is 22.9. The van der Waals surface area contributed by atoms with Gasteiger partial charge in [0.15, 0.2) is 0 Å². The quantitative estimate of drug-likeness (QED) is 0.473. The van der Waals surface area contributed by atoms with Gasteiger partial charge in [-0.25, -0.2) is 0 Å². The molecular weight excluding hydrogens is 382 g/mol. The second-order valence-corrected chi connectivity index (χ2v) is 7.91. The fourth-order valence-corrected chi connectivity index (χ4v) is 4.20. The fourth-order valence-electron chi connectivity index (χ4n) is 4.20. The summed E-state index contributed by atoms with van der Waals surface area (Å²) in [5, 5.41) is 0. The first-order valence-electron chi connectivity index (χ1n) is 10.8. The third-order valence-electron chi connectivity index (χ3n) is 6.02. The van der Waals surface area contributed by atoms with E-state index in [2.05, 4.69) is 58.9 Å². The van der Waals surface area contributed by atoms with Crippen molar-refractivity contribution >= 4 is 11.9 Å². The van der Waals surface area contributed by atoms with Crippen LogP contribution in [0.3, 0.4) is 0 Å². The Morgan fingerprint density at radius 1 is 1.03 bits per heavy atom. The first-order valence-corrected chi connectivity index (χ1v) is 10.8. The van der Waals surface area contributed by atoms with Crippen LogP contribution < -0.4 is 4.74 Å². The standard InChI is InChI=1S/C27H29N3O/c1-21(23-8-10-26(31-2)11-9-23)30-18-14-25(15-19-30)27(24-6-4-3-5-7-24)29-20-22-12-16-28-17-13-22/h3-13,16-17,20,25,27H,1,14-15,18-19H2,2H3. The lowest BCUT2D eigenvalue weighted by Gasteiger charge is -2.37. The van der Waals surface area contributed by atoms with Crippen LogP contribution in [0.4, 0.5) is 0 Å². The Bertz CT molecular complexity index is 992. The van der Waals surface area contributed by atoms with Gasteiger partial charge in [0.25, 0.3) is 0 Å². The molecule has 1 aromatic heterocycles. The molecule has 1 aliphatic heterocycles. The van der Waals surface area contributed by atoms with E-state index in [1.165, 1.54) is 5.56 Å². The van der Waals surface area contributed by atoms with Crippen LogP contribution in [0.25, 0.3) is 5.70 Å². The summed E-state index contributed by atoms with van der Waals surface area (Å²) in [7, 11) is 1.69. The number of ether oxygens (including phenoxy) is 1. The minimum atomic E-state index is 0.158. The lowest BCUT2D eigenvalue weighted by atomic mass is 9.85. The van der Waals surface area contributed by atoms with Crippen LogP contribution >= 0.6 is 0 Å². The molecule has 0 N–H and O–H groups in total. The van der Waals surface area contributed by atoms with Gasteiger partial charge in [-0.05, 0) is 71.8 Å². The van der Waals surface area contributed by atoms with E-state index in [0.29, 0.717) is 5.92 Å². The van der Waals surface area contributed by atoms with Crippen molar-refractivity contribution in [1.29, 1.82) is 0 Å². The monoisotopic (exact) mass is 411 g/mol. The maximum Gasteiger partial charge on any atom is 0.118 e. The maximum absolute atomic E-state index is 5.27. The Labute approximate surface area is 184 Å². The number of aromatic nitrogens is 1. The second-order valence-electron chi connectivity index (χ2n) is 7.91. The van der Waals surface area contributed by atoms with E-state index in [9.17, 15) is 0 Å². The number of hydrogen-bond acceptors (Lipinski definition) is 4. The average Bonchev–Trinajstić information content (AvgIpc) is 2.85. The average molecular weight is 412 g/mol. The topological polar surface area (TPSA) is 37.7 Å². The second kappa shape index (κ2) is 10.1. The summed E-state index contributed by atoms with van der Waals surface area (Å²) in [5.41, 5.74) is 4.59. The molecule has 1 saturated heterocycles. The molecule has 1 fully saturated rings. The van der Waals surface area contributed by atoms with Gasteiger partial charge < -0.3 is 9.64 Å². The highest BCUT2D eigenvalue weighted by molar-refractivity contribution is 5.79. The van der Waals surface area contributed by atoms with E-state index in [0.717, 1.165) is 48.5 Å². The number of nitrogens with zero attached hydrogens (tertiary/aromatic N) is 3. The summed E-state index contributed by atoms with van der Waals surface area (Å²) in [6.07, 6.45) is 7.77. The molecule has 1 atom stereocenters. The van der Waals surface area contributed by atoms with Crippen molar-refractivity contribution in [3.05, 3.63) is 102 Å². The Kier molecular flexibility index (Phi) is 6.78. The van der Waals surface area contributed by atoms with Gasteiger partial charge in [0.1, 0.15) is 5.75 Å². The molecule has 0 aliphatic carbocycles. The van der Waals surface area contributed by atoms with E-state index in [-0.39, 0.29) is 6.04 Å². The number of aliphatic imine (C=N–C) groups is 1. The third-order valence-corrected chi connectivity index (χ3v) is 6.02. The molecule has 158 valence electrons. The van der Waals surface area contributed by atoms with E-state index >= 15 is 0 Å². The molecule has 4 nitrogen and oxygen atoms in total. The number of rotatable bonds is 7. The Balaban J connectivity index is 1.45. The molecule has 2 aromatic carbocycles. The molecule has 3 aromatic rings.